The highest BCUT2D eigenvalue weighted by Crippen LogP contribution is 2.37. The van der Waals surface area contributed by atoms with Crippen LogP contribution in [0.1, 0.15) is 42.5 Å². The summed E-state index contributed by atoms with van der Waals surface area (Å²) in [4.78, 5) is 32.2. The molecule has 1 aromatic carbocycles. The third-order valence-electron chi connectivity index (χ3n) is 7.38. The van der Waals surface area contributed by atoms with E-state index in [4.69, 9.17) is 9.47 Å². The molecule has 2 saturated heterocycles. The number of para-hydroxylation sites is 1. The summed E-state index contributed by atoms with van der Waals surface area (Å²) >= 11 is 0. The molecule has 0 atom stereocenters. The van der Waals surface area contributed by atoms with Gasteiger partial charge in [0.1, 0.15) is 12.4 Å². The van der Waals surface area contributed by atoms with E-state index in [1.165, 1.54) is 0 Å². The summed E-state index contributed by atoms with van der Waals surface area (Å²) in [5.41, 5.74) is 0.436. The van der Waals surface area contributed by atoms with Crippen LogP contribution in [-0.2, 0) is 9.53 Å². The number of amides is 2. The summed E-state index contributed by atoms with van der Waals surface area (Å²) in [5, 5.41) is 10.2. The third kappa shape index (κ3) is 6.05. The maximum Gasteiger partial charge on any atom is 0.257 e. The lowest BCUT2D eigenvalue weighted by atomic mass is 9.75. The van der Waals surface area contributed by atoms with Crippen molar-refractivity contribution in [3.05, 3.63) is 29.8 Å². The monoisotopic (exact) mass is 459 g/mol. The zero-order valence-electron chi connectivity index (χ0n) is 19.5. The zero-order valence-corrected chi connectivity index (χ0v) is 19.5. The van der Waals surface area contributed by atoms with Crippen molar-refractivity contribution in [3.63, 3.8) is 0 Å². The first-order chi connectivity index (χ1) is 16.1. The molecule has 4 aliphatic heterocycles. The molecule has 2 amide bonds. The number of morpholine rings is 1. The van der Waals surface area contributed by atoms with Crippen LogP contribution < -0.4 is 4.74 Å². The van der Waals surface area contributed by atoms with Crippen LogP contribution in [-0.4, -0.2) is 104 Å². The lowest BCUT2D eigenvalue weighted by Crippen LogP contribution is -2.46. The molecule has 4 aliphatic rings. The van der Waals surface area contributed by atoms with Crippen molar-refractivity contribution >= 4 is 11.8 Å². The number of benzene rings is 1. The normalized spacial score (nSPS) is 22.8. The van der Waals surface area contributed by atoms with Gasteiger partial charge >= 0.3 is 0 Å². The molecule has 1 aromatic rings. The van der Waals surface area contributed by atoms with Gasteiger partial charge in [-0.2, -0.15) is 0 Å². The summed E-state index contributed by atoms with van der Waals surface area (Å²) in [6.45, 7) is 6.25. The number of carbonyl (C=O) groups excluding carboxylic acids is 2. The van der Waals surface area contributed by atoms with E-state index in [9.17, 15) is 14.7 Å². The van der Waals surface area contributed by atoms with Crippen LogP contribution in [0.15, 0.2) is 24.3 Å². The summed E-state index contributed by atoms with van der Waals surface area (Å²) < 4.78 is 11.4. The van der Waals surface area contributed by atoms with E-state index in [2.05, 4.69) is 4.90 Å². The number of rotatable bonds is 3. The average Bonchev–Trinajstić information content (AvgIpc) is 2.86. The van der Waals surface area contributed by atoms with E-state index in [-0.39, 0.29) is 23.8 Å². The Kier molecular flexibility index (Phi) is 8.22. The first-order valence-electron chi connectivity index (χ1n) is 12.3. The van der Waals surface area contributed by atoms with E-state index < -0.39 is 0 Å². The second-order valence-electron chi connectivity index (χ2n) is 9.52. The van der Waals surface area contributed by atoms with Gasteiger partial charge < -0.3 is 24.4 Å². The highest BCUT2D eigenvalue weighted by molar-refractivity contribution is 5.97. The smallest absolute Gasteiger partial charge is 0.257 e. The zero-order chi connectivity index (χ0) is 23.1. The number of nitrogens with zero attached hydrogens (tertiary/aromatic N) is 3. The Bertz CT molecular complexity index is 803. The van der Waals surface area contributed by atoms with Crippen molar-refractivity contribution < 1.29 is 24.2 Å². The fraction of sp³-hybridized carbons (Fsp3) is 0.680. The first-order valence-corrected chi connectivity index (χ1v) is 12.3. The minimum atomic E-state index is -0.129. The minimum Gasteiger partial charge on any atom is -0.491 e. The Labute approximate surface area is 196 Å². The van der Waals surface area contributed by atoms with Gasteiger partial charge in [-0.25, -0.2) is 0 Å². The molecule has 8 nitrogen and oxygen atoms in total. The van der Waals surface area contributed by atoms with Gasteiger partial charge in [-0.1, -0.05) is 18.6 Å². The number of carbonyl (C=O) groups is 2. The third-order valence-corrected chi connectivity index (χ3v) is 7.38. The molecule has 0 spiro atoms. The second-order valence-corrected chi connectivity index (χ2v) is 9.52. The summed E-state index contributed by atoms with van der Waals surface area (Å²) in [5.74, 6) is 0.655. The van der Waals surface area contributed by atoms with E-state index in [0.29, 0.717) is 63.9 Å². The summed E-state index contributed by atoms with van der Waals surface area (Å²) in [7, 11) is 0. The molecule has 0 aromatic heterocycles. The maximum atomic E-state index is 13.2. The Balaban J connectivity index is 1.49. The van der Waals surface area contributed by atoms with Gasteiger partial charge in [0.2, 0.25) is 5.91 Å². The van der Waals surface area contributed by atoms with Crippen LogP contribution in [0.5, 0.6) is 5.75 Å². The SMILES string of the molecule is O=C(CN1CCOCC1)N1CCCCC2(CO)CCN(CC2)C(=O)c2ccccc2OCC1. The molecule has 1 N–H and O–H groups in total. The lowest BCUT2D eigenvalue weighted by molar-refractivity contribution is -0.134. The van der Waals surface area contributed by atoms with Crippen LogP contribution in [0.4, 0.5) is 0 Å². The van der Waals surface area contributed by atoms with Crippen molar-refractivity contribution in [2.45, 2.75) is 32.1 Å². The van der Waals surface area contributed by atoms with Crippen molar-refractivity contribution in [1.29, 1.82) is 0 Å². The van der Waals surface area contributed by atoms with E-state index in [1.807, 2.05) is 34.1 Å². The van der Waals surface area contributed by atoms with Crippen molar-refractivity contribution in [1.82, 2.24) is 14.7 Å². The summed E-state index contributed by atoms with van der Waals surface area (Å²) in [6.07, 6.45) is 4.38. The van der Waals surface area contributed by atoms with E-state index in [0.717, 1.165) is 45.2 Å². The first kappa shape index (κ1) is 24.0. The summed E-state index contributed by atoms with van der Waals surface area (Å²) in [6, 6.07) is 7.36. The number of aliphatic hydroxyl groups excluding tert-OH is 1. The van der Waals surface area contributed by atoms with Crippen LogP contribution in [0.25, 0.3) is 0 Å². The average molecular weight is 460 g/mol. The molecule has 33 heavy (non-hydrogen) atoms. The molecule has 182 valence electrons. The molecule has 0 radical (unpaired) electrons. The highest BCUT2D eigenvalue weighted by Gasteiger charge is 2.36. The minimum absolute atomic E-state index is 0.0211. The van der Waals surface area contributed by atoms with Gasteiger partial charge in [-0.3, -0.25) is 14.5 Å². The molecule has 0 unspecified atom stereocenters. The number of hydrogen-bond donors (Lipinski definition) is 1. The molecule has 5 rings (SSSR count). The molecule has 4 heterocycles. The van der Waals surface area contributed by atoms with Crippen LogP contribution in [0.2, 0.25) is 0 Å². The molecule has 8 heteroatoms. The highest BCUT2D eigenvalue weighted by atomic mass is 16.5. The number of hydrogen-bond acceptors (Lipinski definition) is 6. The van der Waals surface area contributed by atoms with E-state index >= 15 is 0 Å². The van der Waals surface area contributed by atoms with Gasteiger partial charge in [-0.15, -0.1) is 0 Å². The number of ether oxygens (including phenoxy) is 2. The fourth-order valence-electron chi connectivity index (χ4n) is 5.09. The van der Waals surface area contributed by atoms with Gasteiger partial charge in [0.25, 0.3) is 5.91 Å². The van der Waals surface area contributed by atoms with Gasteiger partial charge in [-0.05, 0) is 43.2 Å². The molecular formula is C25H37N3O5. The van der Waals surface area contributed by atoms with E-state index in [1.54, 1.807) is 0 Å². The lowest BCUT2D eigenvalue weighted by Gasteiger charge is -2.41. The number of fused-ring (bicyclic) bond motifs is 9. The largest absolute Gasteiger partial charge is 0.491 e. The molecular weight excluding hydrogens is 422 g/mol. The Morgan fingerprint density at radius 2 is 1.70 bits per heavy atom. The molecule has 0 aliphatic carbocycles. The second kappa shape index (κ2) is 11.3. The van der Waals surface area contributed by atoms with Gasteiger partial charge in [0.15, 0.2) is 0 Å². The quantitative estimate of drug-likeness (QED) is 0.740. The van der Waals surface area contributed by atoms with Gasteiger partial charge in [0, 0.05) is 39.3 Å². The van der Waals surface area contributed by atoms with Crippen LogP contribution in [0.3, 0.4) is 0 Å². The molecule has 0 saturated carbocycles. The molecule has 2 bridgehead atoms. The standard InChI is InChI=1S/C25H37N3O5/c29-20-25-7-3-4-10-27(23(30)19-26-13-16-32-17-14-26)15-18-33-22-6-2-1-5-21(22)24(31)28(11-8-25)12-9-25/h1-2,5-6,29H,3-4,7-20H2. The Hall–Kier alpha value is -2.16. The topological polar surface area (TPSA) is 82.6 Å². The predicted molar refractivity (Wildman–Crippen MR) is 124 cm³/mol. The number of aliphatic hydroxyl groups is 1. The van der Waals surface area contributed by atoms with Crippen molar-refractivity contribution in [3.8, 4) is 5.75 Å². The van der Waals surface area contributed by atoms with Crippen LogP contribution in [0, 0.1) is 5.41 Å². The maximum absolute atomic E-state index is 13.2. The Morgan fingerprint density at radius 1 is 0.939 bits per heavy atom. The fourth-order valence-corrected chi connectivity index (χ4v) is 5.09. The van der Waals surface area contributed by atoms with Crippen LogP contribution >= 0.6 is 0 Å². The molecule has 2 fully saturated rings. The Morgan fingerprint density at radius 3 is 2.45 bits per heavy atom. The number of piperidine rings is 1. The van der Waals surface area contributed by atoms with Crippen molar-refractivity contribution in [2.24, 2.45) is 5.41 Å². The predicted octanol–water partition coefficient (Wildman–Crippen LogP) is 1.62. The van der Waals surface area contributed by atoms with Crippen molar-refractivity contribution in [2.75, 3.05) is 72.2 Å². The van der Waals surface area contributed by atoms with Gasteiger partial charge in [0.05, 0.1) is 31.9 Å².